The van der Waals surface area contributed by atoms with Crippen LogP contribution in [-0.2, 0) is 4.74 Å². The summed E-state index contributed by atoms with van der Waals surface area (Å²) in [5.74, 6) is 0.355. The summed E-state index contributed by atoms with van der Waals surface area (Å²) in [6.07, 6.45) is 3.13. The summed E-state index contributed by atoms with van der Waals surface area (Å²) in [6, 6.07) is 7.28. The molecule has 2 nitrogen and oxygen atoms in total. The van der Waals surface area contributed by atoms with Gasteiger partial charge in [-0.05, 0) is 42.7 Å². The van der Waals surface area contributed by atoms with E-state index in [1.54, 1.807) is 6.07 Å². The minimum Gasteiger partial charge on any atom is -0.459 e. The minimum atomic E-state index is -0.250. The molecule has 0 amide bonds. The van der Waals surface area contributed by atoms with Gasteiger partial charge in [0.2, 0.25) is 0 Å². The van der Waals surface area contributed by atoms with Crippen molar-refractivity contribution in [3.8, 4) is 0 Å². The van der Waals surface area contributed by atoms with Gasteiger partial charge in [0.25, 0.3) is 0 Å². The molecule has 1 fully saturated rings. The smallest absolute Gasteiger partial charge is 0.339 e. The van der Waals surface area contributed by atoms with Crippen molar-refractivity contribution >= 4 is 18.6 Å². The summed E-state index contributed by atoms with van der Waals surface area (Å²) < 4.78 is 5.68. The van der Waals surface area contributed by atoms with E-state index in [0.717, 1.165) is 12.8 Å². The topological polar surface area (TPSA) is 26.3 Å². The van der Waals surface area contributed by atoms with E-state index in [1.165, 1.54) is 6.42 Å². The van der Waals surface area contributed by atoms with Crippen LogP contribution in [0.5, 0.6) is 0 Å². The molecule has 1 saturated carbocycles. The summed E-state index contributed by atoms with van der Waals surface area (Å²) in [4.78, 5) is 12.9. The van der Waals surface area contributed by atoms with Gasteiger partial charge in [-0.2, -0.15) is 0 Å². The Morgan fingerprint density at radius 2 is 2.00 bits per heavy atom. The lowest BCUT2D eigenvalue weighted by Gasteiger charge is -2.38. The van der Waals surface area contributed by atoms with Crippen LogP contribution in [0.3, 0.4) is 0 Å². The van der Waals surface area contributed by atoms with Gasteiger partial charge in [-0.25, -0.2) is 4.79 Å². The van der Waals surface area contributed by atoms with Gasteiger partial charge in [-0.1, -0.05) is 32.9 Å². The molecule has 2 unspecified atom stereocenters. The summed E-state index contributed by atoms with van der Waals surface area (Å²) in [6.45, 7) is 6.72. The lowest BCUT2D eigenvalue weighted by molar-refractivity contribution is -0.00744. The van der Waals surface area contributed by atoms with Gasteiger partial charge >= 0.3 is 5.97 Å². The molecule has 1 aromatic rings. The molecular formula is C16H22O2S. The minimum absolute atomic E-state index is 0.0270. The summed E-state index contributed by atoms with van der Waals surface area (Å²) >= 11 is 4.31. The monoisotopic (exact) mass is 278 g/mol. The zero-order valence-corrected chi connectivity index (χ0v) is 12.7. The van der Waals surface area contributed by atoms with Crippen LogP contribution >= 0.6 is 12.6 Å². The van der Waals surface area contributed by atoms with Crippen molar-refractivity contribution in [3.63, 3.8) is 0 Å². The molecule has 2 rings (SSSR count). The third-order valence-electron chi connectivity index (χ3n) is 3.74. The first-order chi connectivity index (χ1) is 8.87. The fraction of sp³-hybridized carbons (Fsp3) is 0.562. The summed E-state index contributed by atoms with van der Waals surface area (Å²) in [5.41, 5.74) is 0.810. The van der Waals surface area contributed by atoms with Gasteiger partial charge in [-0.3, -0.25) is 0 Å². The van der Waals surface area contributed by atoms with Crippen LogP contribution in [0.15, 0.2) is 29.2 Å². The third kappa shape index (κ3) is 3.75. The van der Waals surface area contributed by atoms with E-state index in [-0.39, 0.29) is 17.5 Å². The Morgan fingerprint density at radius 1 is 1.32 bits per heavy atom. The highest BCUT2D eigenvalue weighted by molar-refractivity contribution is 7.80. The predicted octanol–water partition coefficient (Wildman–Crippen LogP) is 4.35. The van der Waals surface area contributed by atoms with Crippen LogP contribution in [0.4, 0.5) is 0 Å². The van der Waals surface area contributed by atoms with E-state index < -0.39 is 0 Å². The molecule has 0 saturated heterocycles. The maximum absolute atomic E-state index is 12.2. The molecule has 0 radical (unpaired) electrons. The van der Waals surface area contributed by atoms with Gasteiger partial charge < -0.3 is 4.74 Å². The summed E-state index contributed by atoms with van der Waals surface area (Å²) in [5, 5.41) is 0. The van der Waals surface area contributed by atoms with Crippen molar-refractivity contribution in [1.82, 2.24) is 0 Å². The van der Waals surface area contributed by atoms with Crippen LogP contribution in [0.25, 0.3) is 0 Å². The van der Waals surface area contributed by atoms with Crippen molar-refractivity contribution in [2.24, 2.45) is 11.3 Å². The predicted molar refractivity (Wildman–Crippen MR) is 79.7 cm³/mol. The van der Waals surface area contributed by atoms with Crippen LogP contribution in [0.1, 0.15) is 50.4 Å². The van der Waals surface area contributed by atoms with Crippen LogP contribution < -0.4 is 0 Å². The van der Waals surface area contributed by atoms with Crippen LogP contribution in [0, 0.1) is 11.3 Å². The molecule has 19 heavy (non-hydrogen) atoms. The molecule has 0 bridgehead atoms. The normalized spacial score (nSPS) is 25.9. The number of ether oxygens (including phenoxy) is 1. The molecule has 0 N–H and O–H groups in total. The van der Waals surface area contributed by atoms with Gasteiger partial charge in [0.15, 0.2) is 0 Å². The molecule has 0 heterocycles. The second-order valence-corrected chi connectivity index (χ2v) is 6.94. The second-order valence-electron chi connectivity index (χ2n) is 6.46. The average molecular weight is 278 g/mol. The molecule has 1 aromatic carbocycles. The van der Waals surface area contributed by atoms with E-state index in [4.69, 9.17) is 4.74 Å². The fourth-order valence-corrected chi connectivity index (χ4v) is 3.46. The zero-order valence-electron chi connectivity index (χ0n) is 11.8. The third-order valence-corrected chi connectivity index (χ3v) is 4.13. The van der Waals surface area contributed by atoms with Crippen molar-refractivity contribution in [2.45, 2.75) is 51.0 Å². The Hall–Kier alpha value is -0.960. The second kappa shape index (κ2) is 5.58. The van der Waals surface area contributed by atoms with Gasteiger partial charge in [-0.15, -0.1) is 12.6 Å². The zero-order chi connectivity index (χ0) is 14.0. The number of benzene rings is 1. The standard InChI is InChI=1S/C16H22O2S/c1-11-8-12(10-16(2,3)9-11)18-15(17)13-6-4-5-7-14(13)19/h4-7,11-12,19H,8-10H2,1-3H3. The Balaban J connectivity index is 2.05. The first-order valence-electron chi connectivity index (χ1n) is 6.86. The Labute approximate surface area is 121 Å². The number of esters is 1. The number of thiol groups is 1. The molecule has 0 aromatic heterocycles. The lowest BCUT2D eigenvalue weighted by Crippen LogP contribution is -2.34. The molecule has 104 valence electrons. The van der Waals surface area contributed by atoms with Crippen molar-refractivity contribution < 1.29 is 9.53 Å². The highest BCUT2D eigenvalue weighted by atomic mass is 32.1. The van der Waals surface area contributed by atoms with E-state index in [2.05, 4.69) is 33.4 Å². The van der Waals surface area contributed by atoms with E-state index >= 15 is 0 Å². The SMILES string of the molecule is CC1CC(OC(=O)c2ccccc2S)CC(C)(C)C1. The maximum Gasteiger partial charge on any atom is 0.339 e. The average Bonchev–Trinajstić information content (AvgIpc) is 2.26. The molecule has 2 atom stereocenters. The van der Waals surface area contributed by atoms with Gasteiger partial charge in [0.1, 0.15) is 6.10 Å². The molecular weight excluding hydrogens is 256 g/mol. The maximum atomic E-state index is 12.2. The van der Waals surface area contributed by atoms with E-state index in [1.807, 2.05) is 18.2 Å². The number of hydrogen-bond acceptors (Lipinski definition) is 3. The Bertz CT molecular complexity index is 468. The molecule has 1 aliphatic rings. The largest absolute Gasteiger partial charge is 0.459 e. The molecule has 1 aliphatic carbocycles. The number of rotatable bonds is 2. The van der Waals surface area contributed by atoms with E-state index in [9.17, 15) is 4.79 Å². The lowest BCUT2D eigenvalue weighted by atomic mass is 9.71. The van der Waals surface area contributed by atoms with Crippen molar-refractivity contribution in [1.29, 1.82) is 0 Å². The molecule has 3 heteroatoms. The van der Waals surface area contributed by atoms with Gasteiger partial charge in [0.05, 0.1) is 5.56 Å². The Kier molecular flexibility index (Phi) is 4.24. The number of hydrogen-bond donors (Lipinski definition) is 1. The van der Waals surface area contributed by atoms with Crippen LogP contribution in [-0.4, -0.2) is 12.1 Å². The fourth-order valence-electron chi connectivity index (χ4n) is 3.21. The highest BCUT2D eigenvalue weighted by Gasteiger charge is 2.34. The van der Waals surface area contributed by atoms with E-state index in [0.29, 0.717) is 16.4 Å². The van der Waals surface area contributed by atoms with Crippen molar-refractivity contribution in [2.75, 3.05) is 0 Å². The molecule has 0 spiro atoms. The first kappa shape index (κ1) is 14.4. The number of carbonyl (C=O) groups is 1. The van der Waals surface area contributed by atoms with Gasteiger partial charge in [0, 0.05) is 4.90 Å². The quantitative estimate of drug-likeness (QED) is 0.643. The van der Waals surface area contributed by atoms with Crippen LogP contribution in [0.2, 0.25) is 0 Å². The molecule has 0 aliphatic heterocycles. The van der Waals surface area contributed by atoms with Crippen molar-refractivity contribution in [3.05, 3.63) is 29.8 Å². The summed E-state index contributed by atoms with van der Waals surface area (Å²) in [7, 11) is 0. The first-order valence-corrected chi connectivity index (χ1v) is 7.31. The Morgan fingerprint density at radius 3 is 2.63 bits per heavy atom. The highest BCUT2D eigenvalue weighted by Crippen LogP contribution is 2.39. The number of carbonyl (C=O) groups excluding carboxylic acids is 1.